The van der Waals surface area contributed by atoms with Gasteiger partial charge in [-0.15, -0.1) is 0 Å². The number of piperidine rings is 1. The molecule has 2 heterocycles. The molecule has 0 saturated carbocycles. The van der Waals surface area contributed by atoms with Crippen LogP contribution in [0.4, 0.5) is 0 Å². The van der Waals surface area contributed by atoms with Crippen LogP contribution in [0.25, 0.3) is 0 Å². The Morgan fingerprint density at radius 3 is 2.72 bits per heavy atom. The van der Waals surface area contributed by atoms with Gasteiger partial charge in [-0.05, 0) is 32.4 Å². The third kappa shape index (κ3) is 2.30. The lowest BCUT2D eigenvalue weighted by atomic mass is 9.93. The maximum absolute atomic E-state index is 12.5. The minimum absolute atomic E-state index is 0.0400. The first kappa shape index (κ1) is 13.2. The summed E-state index contributed by atoms with van der Waals surface area (Å²) in [5, 5.41) is 0. The molecule has 5 nitrogen and oxygen atoms in total. The molecule has 18 heavy (non-hydrogen) atoms. The number of aromatic nitrogens is 1. The molecule has 0 radical (unpaired) electrons. The molecule has 1 aromatic heterocycles. The Hall–Kier alpha value is -1.27. The SMILES string of the molecule is CC1(C)CCC(=O)CN1S(=O)(=O)c1cccnc1. The zero-order chi connectivity index (χ0) is 13.4. The number of nitrogens with zero attached hydrogens (tertiary/aromatic N) is 2. The molecule has 0 spiro atoms. The fraction of sp³-hybridized carbons (Fsp3) is 0.500. The highest BCUT2D eigenvalue weighted by Gasteiger charge is 2.41. The molecule has 6 heteroatoms. The van der Waals surface area contributed by atoms with Crippen molar-refractivity contribution in [2.24, 2.45) is 0 Å². The van der Waals surface area contributed by atoms with Gasteiger partial charge in [0.25, 0.3) is 0 Å². The molecule has 0 amide bonds. The second kappa shape index (κ2) is 4.44. The molecule has 1 aliphatic rings. The van der Waals surface area contributed by atoms with E-state index >= 15 is 0 Å². The Kier molecular flexibility index (Phi) is 3.25. The number of rotatable bonds is 2. The van der Waals surface area contributed by atoms with Crippen molar-refractivity contribution in [2.45, 2.75) is 37.1 Å². The van der Waals surface area contributed by atoms with Crippen molar-refractivity contribution in [2.75, 3.05) is 6.54 Å². The predicted molar refractivity (Wildman–Crippen MR) is 66.4 cm³/mol. The number of sulfonamides is 1. The number of carbonyl (C=O) groups excluding carboxylic acids is 1. The van der Waals surface area contributed by atoms with Crippen molar-refractivity contribution in [3.63, 3.8) is 0 Å². The van der Waals surface area contributed by atoms with Gasteiger partial charge in [-0.3, -0.25) is 9.78 Å². The van der Waals surface area contributed by atoms with E-state index in [2.05, 4.69) is 4.98 Å². The molecule has 0 unspecified atom stereocenters. The summed E-state index contributed by atoms with van der Waals surface area (Å²) in [7, 11) is -3.65. The lowest BCUT2D eigenvalue weighted by molar-refractivity contribution is -0.123. The predicted octanol–water partition coefficient (Wildman–Crippen LogP) is 1.21. The molecule has 0 atom stereocenters. The number of ketones is 1. The number of Topliss-reactive ketones (excluding diaryl/α,β-unsaturated/α-hetero) is 1. The molecule has 2 rings (SSSR count). The van der Waals surface area contributed by atoms with Gasteiger partial charge in [0, 0.05) is 24.4 Å². The maximum atomic E-state index is 12.5. The smallest absolute Gasteiger partial charge is 0.245 e. The highest BCUT2D eigenvalue weighted by atomic mass is 32.2. The van der Waals surface area contributed by atoms with Crippen LogP contribution in [0, 0.1) is 0 Å². The van der Waals surface area contributed by atoms with Gasteiger partial charge in [0.2, 0.25) is 10.0 Å². The van der Waals surface area contributed by atoms with E-state index in [1.165, 1.54) is 22.8 Å². The summed E-state index contributed by atoms with van der Waals surface area (Å²) in [6.07, 6.45) is 3.81. The fourth-order valence-electron chi connectivity index (χ4n) is 2.06. The first-order valence-corrected chi connectivity index (χ1v) is 7.23. The highest BCUT2D eigenvalue weighted by molar-refractivity contribution is 7.89. The van der Waals surface area contributed by atoms with Gasteiger partial charge >= 0.3 is 0 Å². The molecule has 0 bridgehead atoms. The van der Waals surface area contributed by atoms with E-state index in [1.54, 1.807) is 6.07 Å². The third-order valence-electron chi connectivity index (χ3n) is 3.23. The van der Waals surface area contributed by atoms with E-state index in [-0.39, 0.29) is 17.2 Å². The van der Waals surface area contributed by atoms with E-state index < -0.39 is 15.6 Å². The highest BCUT2D eigenvalue weighted by Crippen LogP contribution is 2.31. The summed E-state index contributed by atoms with van der Waals surface area (Å²) in [6.45, 7) is 3.63. The Bertz CT molecular complexity index is 552. The van der Waals surface area contributed by atoms with Crippen LogP contribution in [0.3, 0.4) is 0 Å². The summed E-state index contributed by atoms with van der Waals surface area (Å²) < 4.78 is 26.2. The molecule has 0 aromatic carbocycles. The number of pyridine rings is 1. The Morgan fingerprint density at radius 2 is 2.11 bits per heavy atom. The summed E-state index contributed by atoms with van der Waals surface area (Å²) in [6, 6.07) is 3.07. The lowest BCUT2D eigenvalue weighted by Gasteiger charge is -2.40. The van der Waals surface area contributed by atoms with Gasteiger partial charge in [0.1, 0.15) is 10.7 Å². The monoisotopic (exact) mass is 268 g/mol. The maximum Gasteiger partial charge on any atom is 0.245 e. The molecule has 98 valence electrons. The van der Waals surface area contributed by atoms with E-state index in [4.69, 9.17) is 0 Å². The van der Waals surface area contributed by atoms with Crippen LogP contribution in [-0.4, -0.2) is 35.6 Å². The fourth-order valence-corrected chi connectivity index (χ4v) is 3.82. The van der Waals surface area contributed by atoms with Gasteiger partial charge in [-0.2, -0.15) is 4.31 Å². The Labute approximate surface area is 107 Å². The first-order valence-electron chi connectivity index (χ1n) is 5.79. The standard InChI is InChI=1S/C12H16N2O3S/c1-12(2)6-5-10(15)9-14(12)18(16,17)11-4-3-7-13-8-11/h3-4,7-8H,5-6,9H2,1-2H3. The Morgan fingerprint density at radius 1 is 1.39 bits per heavy atom. The molecule has 1 aliphatic heterocycles. The third-order valence-corrected chi connectivity index (χ3v) is 5.27. The van der Waals surface area contributed by atoms with Gasteiger partial charge in [0.05, 0.1) is 6.54 Å². The zero-order valence-corrected chi connectivity index (χ0v) is 11.3. The molecule has 1 aromatic rings. The van der Waals surface area contributed by atoms with E-state index in [9.17, 15) is 13.2 Å². The van der Waals surface area contributed by atoms with E-state index in [0.717, 1.165) is 0 Å². The van der Waals surface area contributed by atoms with Gasteiger partial charge in [-0.1, -0.05) is 0 Å². The molecule has 0 aliphatic carbocycles. The first-order chi connectivity index (χ1) is 8.34. The minimum Gasteiger partial charge on any atom is -0.298 e. The Balaban J connectivity index is 2.43. The summed E-state index contributed by atoms with van der Waals surface area (Å²) >= 11 is 0. The lowest BCUT2D eigenvalue weighted by Crippen LogP contribution is -2.53. The van der Waals surface area contributed by atoms with Crippen molar-refractivity contribution in [1.29, 1.82) is 0 Å². The van der Waals surface area contributed by atoms with Crippen LogP contribution in [0.5, 0.6) is 0 Å². The number of hydrogen-bond acceptors (Lipinski definition) is 4. The molecular weight excluding hydrogens is 252 g/mol. The molecule has 1 saturated heterocycles. The summed E-state index contributed by atoms with van der Waals surface area (Å²) in [4.78, 5) is 15.5. The summed E-state index contributed by atoms with van der Waals surface area (Å²) in [5.41, 5.74) is -0.539. The van der Waals surface area contributed by atoms with Crippen molar-refractivity contribution >= 4 is 15.8 Å². The average Bonchev–Trinajstić information content (AvgIpc) is 2.33. The van der Waals surface area contributed by atoms with Crippen molar-refractivity contribution in [3.8, 4) is 0 Å². The van der Waals surface area contributed by atoms with Gasteiger partial charge < -0.3 is 0 Å². The normalized spacial score (nSPS) is 20.9. The second-order valence-corrected chi connectivity index (χ2v) is 6.91. The second-order valence-electron chi connectivity index (χ2n) is 5.05. The van der Waals surface area contributed by atoms with Crippen LogP contribution >= 0.6 is 0 Å². The summed E-state index contributed by atoms with van der Waals surface area (Å²) in [5.74, 6) is -0.0400. The van der Waals surface area contributed by atoms with Crippen LogP contribution in [0.2, 0.25) is 0 Å². The number of carbonyl (C=O) groups is 1. The van der Waals surface area contributed by atoms with Crippen LogP contribution < -0.4 is 0 Å². The largest absolute Gasteiger partial charge is 0.298 e. The van der Waals surface area contributed by atoms with Crippen LogP contribution in [-0.2, 0) is 14.8 Å². The minimum atomic E-state index is -3.65. The molecule has 1 fully saturated rings. The van der Waals surface area contributed by atoms with Crippen molar-refractivity contribution in [1.82, 2.24) is 9.29 Å². The molecular formula is C12H16N2O3S. The number of hydrogen-bond donors (Lipinski definition) is 0. The quantitative estimate of drug-likeness (QED) is 0.808. The zero-order valence-electron chi connectivity index (χ0n) is 10.5. The topological polar surface area (TPSA) is 67.3 Å². The van der Waals surface area contributed by atoms with Crippen LogP contribution in [0.15, 0.2) is 29.4 Å². The van der Waals surface area contributed by atoms with Gasteiger partial charge in [0.15, 0.2) is 0 Å². The van der Waals surface area contributed by atoms with Gasteiger partial charge in [-0.25, -0.2) is 8.42 Å². The van der Waals surface area contributed by atoms with Crippen molar-refractivity contribution in [3.05, 3.63) is 24.5 Å². The van der Waals surface area contributed by atoms with E-state index in [0.29, 0.717) is 12.8 Å². The van der Waals surface area contributed by atoms with Crippen LogP contribution in [0.1, 0.15) is 26.7 Å². The van der Waals surface area contributed by atoms with E-state index in [1.807, 2.05) is 13.8 Å². The van der Waals surface area contributed by atoms with Crippen molar-refractivity contribution < 1.29 is 13.2 Å². The average molecular weight is 268 g/mol. The molecule has 0 N–H and O–H groups in total.